The van der Waals surface area contributed by atoms with Gasteiger partial charge >= 0.3 is 0 Å². The lowest BCUT2D eigenvalue weighted by Gasteiger charge is -2.47. The summed E-state index contributed by atoms with van der Waals surface area (Å²) in [7, 11) is 1.81. The molecule has 136 valence electrons. The van der Waals surface area contributed by atoms with E-state index in [1.807, 2.05) is 42.3 Å². The molecule has 0 bridgehead atoms. The molecule has 1 aromatic heterocycles. The number of rotatable bonds is 2. The van der Waals surface area contributed by atoms with E-state index in [1.165, 1.54) is 0 Å². The molecule has 2 saturated heterocycles. The van der Waals surface area contributed by atoms with Gasteiger partial charge < -0.3 is 19.1 Å². The van der Waals surface area contributed by atoms with Crippen LogP contribution in [0.3, 0.4) is 0 Å². The maximum atomic E-state index is 12.9. The molecular weight excluding hydrogens is 332 g/mol. The Morgan fingerprint density at radius 2 is 2.04 bits per heavy atom. The minimum absolute atomic E-state index is 0.0443. The molecule has 4 rings (SSSR count). The number of benzene rings is 1. The van der Waals surface area contributed by atoms with E-state index in [4.69, 9.17) is 4.74 Å². The van der Waals surface area contributed by atoms with E-state index < -0.39 is 5.60 Å². The van der Waals surface area contributed by atoms with Gasteiger partial charge in [-0.25, -0.2) is 4.98 Å². The maximum Gasteiger partial charge on any atom is 0.272 e. The molecule has 0 N–H and O–H groups in total. The molecule has 0 radical (unpaired) electrons. The molecule has 3 heterocycles. The zero-order valence-corrected chi connectivity index (χ0v) is 14.8. The molecule has 2 aromatic rings. The van der Waals surface area contributed by atoms with Crippen LogP contribution in [0.15, 0.2) is 42.9 Å². The first-order valence-electron chi connectivity index (χ1n) is 8.83. The maximum absolute atomic E-state index is 12.9. The molecule has 1 aromatic carbocycles. The molecular formula is C19H22N4O3. The number of anilines is 1. The number of amides is 2. The van der Waals surface area contributed by atoms with Gasteiger partial charge in [-0.15, -0.1) is 0 Å². The van der Waals surface area contributed by atoms with Crippen LogP contribution in [0.4, 0.5) is 5.69 Å². The summed E-state index contributed by atoms with van der Waals surface area (Å²) in [6.45, 7) is 1.68. The second-order valence-electron chi connectivity index (χ2n) is 7.01. The quantitative estimate of drug-likeness (QED) is 0.819. The number of hydrogen-bond acceptors (Lipinski definition) is 4. The number of para-hydroxylation sites is 1. The summed E-state index contributed by atoms with van der Waals surface area (Å²) in [6.07, 6.45) is 4.89. The number of aromatic nitrogens is 2. The van der Waals surface area contributed by atoms with E-state index in [1.54, 1.807) is 22.0 Å². The third kappa shape index (κ3) is 2.99. The second kappa shape index (κ2) is 6.57. The van der Waals surface area contributed by atoms with E-state index >= 15 is 0 Å². The number of nitrogens with zero attached hydrogens (tertiary/aromatic N) is 4. The van der Waals surface area contributed by atoms with E-state index in [9.17, 15) is 9.59 Å². The fraction of sp³-hybridized carbons (Fsp3) is 0.421. The van der Waals surface area contributed by atoms with Crippen LogP contribution in [-0.4, -0.2) is 58.1 Å². The molecule has 2 amide bonds. The third-order valence-electron chi connectivity index (χ3n) is 5.18. The van der Waals surface area contributed by atoms with Gasteiger partial charge in [0.1, 0.15) is 17.9 Å². The Bertz CT molecular complexity index is 819. The van der Waals surface area contributed by atoms with Crippen LogP contribution < -0.4 is 4.90 Å². The normalized spacial score (nSPS) is 23.5. The first-order chi connectivity index (χ1) is 12.6. The van der Waals surface area contributed by atoms with Gasteiger partial charge in [0, 0.05) is 19.3 Å². The van der Waals surface area contributed by atoms with Crippen molar-refractivity contribution >= 4 is 17.5 Å². The number of carbonyl (C=O) groups is 2. The lowest BCUT2D eigenvalue weighted by atomic mass is 9.90. The minimum Gasteiger partial charge on any atom is -0.361 e. The molecule has 1 atom stereocenters. The number of aryl methyl sites for hydroxylation is 1. The van der Waals surface area contributed by atoms with Crippen molar-refractivity contribution in [3.63, 3.8) is 0 Å². The highest BCUT2D eigenvalue weighted by molar-refractivity contribution is 5.95. The summed E-state index contributed by atoms with van der Waals surface area (Å²) in [5.41, 5.74) is 0.917. The van der Waals surface area contributed by atoms with Gasteiger partial charge in [0.2, 0.25) is 0 Å². The smallest absolute Gasteiger partial charge is 0.272 e. The van der Waals surface area contributed by atoms with Crippen LogP contribution in [0.2, 0.25) is 0 Å². The highest BCUT2D eigenvalue weighted by Gasteiger charge is 2.44. The zero-order valence-electron chi connectivity index (χ0n) is 14.8. The molecule has 7 nitrogen and oxygen atoms in total. The molecule has 2 fully saturated rings. The standard InChI is InChI=1S/C19H22N4O3/c1-21-14-20-10-16(21)18(25)22-9-5-8-19(12-22)13-23(17(24)11-26-19)15-6-3-2-4-7-15/h2-4,6-7,10,14H,5,8-9,11-13H2,1H3. The van der Waals surface area contributed by atoms with Crippen molar-refractivity contribution < 1.29 is 14.3 Å². The van der Waals surface area contributed by atoms with Gasteiger partial charge in [0.05, 0.1) is 25.6 Å². The van der Waals surface area contributed by atoms with Gasteiger partial charge in [-0.3, -0.25) is 9.59 Å². The van der Waals surface area contributed by atoms with Gasteiger partial charge in [-0.1, -0.05) is 18.2 Å². The molecule has 1 unspecified atom stereocenters. The molecule has 7 heteroatoms. The summed E-state index contributed by atoms with van der Waals surface area (Å²) in [5.74, 6) is -0.0901. The van der Waals surface area contributed by atoms with Crippen LogP contribution in [-0.2, 0) is 16.6 Å². The number of hydrogen-bond donors (Lipinski definition) is 0. The van der Waals surface area contributed by atoms with Gasteiger partial charge in [-0.2, -0.15) is 0 Å². The fourth-order valence-corrected chi connectivity index (χ4v) is 3.80. The number of imidazole rings is 1. The molecule has 26 heavy (non-hydrogen) atoms. The second-order valence-corrected chi connectivity index (χ2v) is 7.01. The summed E-state index contributed by atoms with van der Waals surface area (Å²) in [6, 6.07) is 9.63. The Kier molecular flexibility index (Phi) is 4.24. The summed E-state index contributed by atoms with van der Waals surface area (Å²) in [4.78, 5) is 32.9. The van der Waals surface area contributed by atoms with Crippen molar-refractivity contribution in [3.8, 4) is 0 Å². The van der Waals surface area contributed by atoms with Crippen molar-refractivity contribution in [1.82, 2.24) is 14.5 Å². The molecule has 2 aliphatic heterocycles. The van der Waals surface area contributed by atoms with Crippen molar-refractivity contribution in [2.24, 2.45) is 7.05 Å². The van der Waals surface area contributed by atoms with E-state index in [0.717, 1.165) is 18.5 Å². The summed E-state index contributed by atoms with van der Waals surface area (Å²) in [5, 5.41) is 0. The van der Waals surface area contributed by atoms with Crippen molar-refractivity contribution in [1.29, 1.82) is 0 Å². The fourth-order valence-electron chi connectivity index (χ4n) is 3.80. The monoisotopic (exact) mass is 354 g/mol. The van der Waals surface area contributed by atoms with Crippen molar-refractivity contribution in [3.05, 3.63) is 48.5 Å². The topological polar surface area (TPSA) is 67.7 Å². The molecule has 2 aliphatic rings. The van der Waals surface area contributed by atoms with Gasteiger partial charge in [0.25, 0.3) is 11.8 Å². The third-order valence-corrected chi connectivity index (χ3v) is 5.18. The summed E-state index contributed by atoms with van der Waals surface area (Å²) < 4.78 is 7.72. The van der Waals surface area contributed by atoms with Crippen LogP contribution in [0.1, 0.15) is 23.3 Å². The lowest BCUT2D eigenvalue weighted by Crippen LogP contribution is -2.62. The lowest BCUT2D eigenvalue weighted by molar-refractivity contribution is -0.144. The number of piperidine rings is 1. The number of likely N-dealkylation sites (tertiary alicyclic amines) is 1. The Hall–Kier alpha value is -2.67. The predicted octanol–water partition coefficient (Wildman–Crippen LogP) is 1.46. The Morgan fingerprint density at radius 3 is 2.77 bits per heavy atom. The Morgan fingerprint density at radius 1 is 1.23 bits per heavy atom. The molecule has 1 spiro atoms. The van der Waals surface area contributed by atoms with Crippen LogP contribution in [0.5, 0.6) is 0 Å². The Labute approximate surface area is 152 Å². The number of carbonyl (C=O) groups excluding carboxylic acids is 2. The van der Waals surface area contributed by atoms with Crippen molar-refractivity contribution in [2.75, 3.05) is 31.1 Å². The largest absolute Gasteiger partial charge is 0.361 e. The average Bonchev–Trinajstić information content (AvgIpc) is 3.10. The molecule has 0 saturated carbocycles. The summed E-state index contributed by atoms with van der Waals surface area (Å²) >= 11 is 0. The predicted molar refractivity (Wildman–Crippen MR) is 95.8 cm³/mol. The first kappa shape index (κ1) is 16.8. The van der Waals surface area contributed by atoms with Gasteiger partial charge in [-0.05, 0) is 25.0 Å². The zero-order chi connectivity index (χ0) is 18.1. The number of ether oxygens (including phenoxy) is 1. The van der Waals surface area contributed by atoms with E-state index in [2.05, 4.69) is 4.98 Å². The van der Waals surface area contributed by atoms with Crippen molar-refractivity contribution in [2.45, 2.75) is 18.4 Å². The SMILES string of the molecule is Cn1cncc1C(=O)N1CCCC2(C1)CN(c1ccccc1)C(=O)CO2. The highest BCUT2D eigenvalue weighted by atomic mass is 16.5. The molecule has 0 aliphatic carbocycles. The van der Waals surface area contributed by atoms with Gasteiger partial charge in [0.15, 0.2) is 0 Å². The van der Waals surface area contributed by atoms with Crippen LogP contribution in [0, 0.1) is 0 Å². The minimum atomic E-state index is -0.518. The average molecular weight is 354 g/mol. The van der Waals surface area contributed by atoms with Crippen LogP contribution >= 0.6 is 0 Å². The number of morpholine rings is 1. The van der Waals surface area contributed by atoms with E-state index in [0.29, 0.717) is 25.3 Å². The highest BCUT2D eigenvalue weighted by Crippen LogP contribution is 2.32. The van der Waals surface area contributed by atoms with Crippen LogP contribution in [0.25, 0.3) is 0 Å². The van der Waals surface area contributed by atoms with E-state index in [-0.39, 0.29) is 18.4 Å². The Balaban J connectivity index is 1.55. The first-order valence-corrected chi connectivity index (χ1v) is 8.83.